The summed E-state index contributed by atoms with van der Waals surface area (Å²) in [5.41, 5.74) is -2.20. The van der Waals surface area contributed by atoms with Gasteiger partial charge < -0.3 is 37.9 Å². The lowest BCUT2D eigenvalue weighted by atomic mass is 9.92. The van der Waals surface area contributed by atoms with Gasteiger partial charge in [-0.25, -0.2) is 19.2 Å². The molecule has 0 aliphatic carbocycles. The first-order valence-electron chi connectivity index (χ1n) is 16.4. The predicted octanol–water partition coefficient (Wildman–Crippen LogP) is 4.16. The highest BCUT2D eigenvalue weighted by Crippen LogP contribution is 2.23. The molecule has 14 heteroatoms. The number of carbonyl (C=O) groups excluding carboxylic acids is 6. The highest BCUT2D eigenvalue weighted by Gasteiger charge is 2.37. The van der Waals surface area contributed by atoms with E-state index in [0.29, 0.717) is 12.8 Å². The van der Waals surface area contributed by atoms with Crippen molar-refractivity contribution in [3.63, 3.8) is 0 Å². The van der Waals surface area contributed by atoms with Crippen LogP contribution in [-0.2, 0) is 66.7 Å². The second kappa shape index (κ2) is 27.5. The Hall–Kier alpha value is -4.30. The lowest BCUT2D eigenvalue weighted by molar-refractivity contribution is -0.165. The smallest absolute Gasteiger partial charge is 0.330 e. The van der Waals surface area contributed by atoms with Gasteiger partial charge >= 0.3 is 35.8 Å². The van der Waals surface area contributed by atoms with Crippen molar-refractivity contribution >= 4 is 35.8 Å². The van der Waals surface area contributed by atoms with Gasteiger partial charge in [0.05, 0.1) is 24.0 Å². The van der Waals surface area contributed by atoms with Crippen molar-refractivity contribution in [2.75, 3.05) is 67.1 Å². The summed E-state index contributed by atoms with van der Waals surface area (Å²) in [6.07, 6.45) is 11.1. The molecule has 0 saturated carbocycles. The summed E-state index contributed by atoms with van der Waals surface area (Å²) in [7, 11) is 2.85. The highest BCUT2D eigenvalue weighted by atomic mass is 16.6. The third-order valence-electron chi connectivity index (χ3n) is 7.24. The Balaban J connectivity index is 4.47. The summed E-state index contributed by atoms with van der Waals surface area (Å²) < 4.78 is 41.9. The molecule has 0 amide bonds. The van der Waals surface area contributed by atoms with E-state index in [1.54, 1.807) is 0 Å². The second-order valence-electron chi connectivity index (χ2n) is 11.8. The van der Waals surface area contributed by atoms with Crippen molar-refractivity contribution in [2.45, 2.75) is 64.2 Å². The van der Waals surface area contributed by atoms with Crippen molar-refractivity contribution in [1.29, 1.82) is 0 Å². The van der Waals surface area contributed by atoms with Crippen LogP contribution in [-0.4, -0.2) is 103 Å². The number of hydrogen-bond donors (Lipinski definition) is 0. The first-order valence-corrected chi connectivity index (χ1v) is 16.4. The van der Waals surface area contributed by atoms with Crippen molar-refractivity contribution in [3.05, 3.63) is 50.6 Å². The zero-order chi connectivity index (χ0) is 37.7. The summed E-state index contributed by atoms with van der Waals surface area (Å²) >= 11 is 0. The average molecular weight is 711 g/mol. The zero-order valence-electron chi connectivity index (χ0n) is 29.6. The zero-order valence-corrected chi connectivity index (χ0v) is 29.6. The Morgan fingerprint density at radius 2 is 0.640 bits per heavy atom. The molecule has 50 heavy (non-hydrogen) atoms. The van der Waals surface area contributed by atoms with Crippen LogP contribution in [0.25, 0.3) is 0 Å². The van der Waals surface area contributed by atoms with Crippen LogP contribution < -0.4 is 0 Å². The third kappa shape index (κ3) is 21.6. The summed E-state index contributed by atoms with van der Waals surface area (Å²) in [4.78, 5) is 71.3. The Morgan fingerprint density at radius 3 is 0.880 bits per heavy atom. The molecule has 0 saturated heterocycles. The number of rotatable bonds is 31. The van der Waals surface area contributed by atoms with E-state index in [1.165, 1.54) is 14.2 Å². The molecular weight excluding hydrogens is 656 g/mol. The van der Waals surface area contributed by atoms with Gasteiger partial charge in [-0.1, -0.05) is 64.8 Å². The molecule has 0 bridgehead atoms. The van der Waals surface area contributed by atoms with Gasteiger partial charge in [-0.15, -0.1) is 0 Å². The van der Waals surface area contributed by atoms with Crippen molar-refractivity contribution in [1.82, 2.24) is 0 Å². The second-order valence-corrected chi connectivity index (χ2v) is 11.8. The Morgan fingerprint density at radius 1 is 0.400 bits per heavy atom. The summed E-state index contributed by atoms with van der Waals surface area (Å²) in [5.74, 6) is -3.58. The van der Waals surface area contributed by atoms with Crippen molar-refractivity contribution in [2.24, 2.45) is 10.8 Å². The normalized spacial score (nSPS) is 11.0. The lowest BCUT2D eigenvalue weighted by Gasteiger charge is -2.31. The predicted molar refractivity (Wildman–Crippen MR) is 181 cm³/mol. The van der Waals surface area contributed by atoms with Crippen LogP contribution in [0.5, 0.6) is 0 Å². The van der Waals surface area contributed by atoms with E-state index in [0.717, 1.165) is 62.8 Å². The van der Waals surface area contributed by atoms with E-state index in [2.05, 4.69) is 26.3 Å². The summed E-state index contributed by atoms with van der Waals surface area (Å²) in [5, 5.41) is 0. The van der Waals surface area contributed by atoms with Gasteiger partial charge in [0.1, 0.15) is 39.6 Å². The van der Waals surface area contributed by atoms with E-state index < -0.39 is 46.6 Å². The molecule has 0 fully saturated rings. The molecule has 0 aliphatic heterocycles. The van der Waals surface area contributed by atoms with Gasteiger partial charge in [-0.3, -0.25) is 9.59 Å². The van der Waals surface area contributed by atoms with Crippen LogP contribution in [0, 0.1) is 10.8 Å². The van der Waals surface area contributed by atoms with Crippen LogP contribution in [0.1, 0.15) is 64.2 Å². The first-order chi connectivity index (χ1) is 23.9. The van der Waals surface area contributed by atoms with Gasteiger partial charge in [0.15, 0.2) is 0 Å². The number of esters is 6. The summed E-state index contributed by atoms with van der Waals surface area (Å²) in [6.45, 7) is 12.1. The quantitative estimate of drug-likeness (QED) is 0.0434. The standard InChI is InChI=1S/C36H54O14/c1-7-29(37)45-23-35(21-43-5,24-46-30(38)8-2)27-49-33(41)19-17-15-13-11-12-14-16-18-20-34(42)50-28-36(22-44-6,25-47-31(39)9-3)26-48-32(40)10-4/h7-10H,1-4,11-28H2,5-6H3. The van der Waals surface area contributed by atoms with Crippen LogP contribution in [0.3, 0.4) is 0 Å². The molecule has 0 aromatic heterocycles. The fourth-order valence-electron chi connectivity index (χ4n) is 4.46. The highest BCUT2D eigenvalue weighted by molar-refractivity contribution is 5.82. The van der Waals surface area contributed by atoms with Gasteiger partial charge in [-0.05, 0) is 12.8 Å². The van der Waals surface area contributed by atoms with Crippen LogP contribution in [0.4, 0.5) is 0 Å². The molecule has 0 aromatic rings. The minimum atomic E-state index is -1.10. The molecule has 0 unspecified atom stereocenters. The fourth-order valence-corrected chi connectivity index (χ4v) is 4.46. The SMILES string of the molecule is C=CC(=O)OCC(COC)(COC(=O)C=C)COC(=O)CCCCCCCCCCC(=O)OCC(COC)(COC(=O)C=C)COC(=O)C=C. The van der Waals surface area contributed by atoms with Crippen molar-refractivity contribution < 1.29 is 66.7 Å². The van der Waals surface area contributed by atoms with E-state index in [1.807, 2.05) is 0 Å². The Kier molecular flexibility index (Phi) is 25.1. The maximum atomic E-state index is 12.4. The molecule has 0 spiro atoms. The average Bonchev–Trinajstić information content (AvgIpc) is 3.12. The number of ether oxygens (including phenoxy) is 8. The molecule has 0 rings (SSSR count). The monoisotopic (exact) mass is 710 g/mol. The van der Waals surface area contributed by atoms with Crippen LogP contribution >= 0.6 is 0 Å². The van der Waals surface area contributed by atoms with Crippen LogP contribution in [0.2, 0.25) is 0 Å². The maximum absolute atomic E-state index is 12.4. The fraction of sp³-hybridized carbons (Fsp3) is 0.611. The summed E-state index contributed by atoms with van der Waals surface area (Å²) in [6, 6.07) is 0. The molecular formula is C36H54O14. The van der Waals surface area contributed by atoms with E-state index in [-0.39, 0.29) is 65.7 Å². The van der Waals surface area contributed by atoms with Gasteiger partial charge in [0.25, 0.3) is 0 Å². The Labute approximate surface area is 295 Å². The molecule has 0 radical (unpaired) electrons. The molecule has 0 atom stereocenters. The van der Waals surface area contributed by atoms with E-state index in [9.17, 15) is 28.8 Å². The molecule has 0 heterocycles. The number of unbranched alkanes of at least 4 members (excludes halogenated alkanes) is 7. The van der Waals surface area contributed by atoms with Gasteiger partial charge in [0.2, 0.25) is 0 Å². The minimum absolute atomic E-state index is 0.00452. The molecule has 282 valence electrons. The van der Waals surface area contributed by atoms with Crippen molar-refractivity contribution in [3.8, 4) is 0 Å². The van der Waals surface area contributed by atoms with Gasteiger partial charge in [-0.2, -0.15) is 0 Å². The molecule has 0 N–H and O–H groups in total. The van der Waals surface area contributed by atoms with Crippen LogP contribution in [0.15, 0.2) is 50.6 Å². The lowest BCUT2D eigenvalue weighted by Crippen LogP contribution is -2.43. The molecule has 0 aromatic carbocycles. The minimum Gasteiger partial charge on any atom is -0.465 e. The number of methoxy groups -OCH3 is 2. The molecule has 0 aliphatic rings. The first kappa shape index (κ1) is 45.7. The third-order valence-corrected chi connectivity index (χ3v) is 7.24. The number of hydrogen-bond acceptors (Lipinski definition) is 14. The maximum Gasteiger partial charge on any atom is 0.330 e. The number of carbonyl (C=O) groups is 6. The topological polar surface area (TPSA) is 176 Å². The Bertz CT molecular complexity index is 978. The van der Waals surface area contributed by atoms with Gasteiger partial charge in [0, 0.05) is 51.4 Å². The van der Waals surface area contributed by atoms with E-state index in [4.69, 9.17) is 37.9 Å². The molecule has 14 nitrogen and oxygen atoms in total. The van der Waals surface area contributed by atoms with E-state index >= 15 is 0 Å². The largest absolute Gasteiger partial charge is 0.465 e.